The minimum absolute atomic E-state index is 0.0940. The van der Waals surface area contributed by atoms with E-state index in [2.05, 4.69) is 6.07 Å². The van der Waals surface area contributed by atoms with Gasteiger partial charge < -0.3 is 9.84 Å². The van der Waals surface area contributed by atoms with E-state index in [-0.39, 0.29) is 11.3 Å². The fraction of sp³-hybridized carbons (Fsp3) is 0. The van der Waals surface area contributed by atoms with E-state index in [1.54, 1.807) is 36.4 Å². The number of carbonyl (C=O) groups excluding carboxylic acids is 1. The molecule has 1 N–H and O–H groups in total. The van der Waals surface area contributed by atoms with Gasteiger partial charge in [-0.1, -0.05) is 30.3 Å². The predicted molar refractivity (Wildman–Crippen MR) is 58.3 cm³/mol. The summed E-state index contributed by atoms with van der Waals surface area (Å²) in [4.78, 5) is 11.6. The molecule has 0 aliphatic rings. The molecule has 0 saturated carbocycles. The van der Waals surface area contributed by atoms with Crippen LogP contribution >= 0.6 is 0 Å². The smallest absolute Gasteiger partial charge is 0.347 e. The van der Waals surface area contributed by atoms with Gasteiger partial charge in [0.15, 0.2) is 0 Å². The zero-order valence-electron chi connectivity index (χ0n) is 8.38. The number of para-hydroxylation sites is 2. The van der Waals surface area contributed by atoms with Crippen molar-refractivity contribution in [2.45, 2.75) is 0 Å². The number of benzene rings is 2. The van der Waals surface area contributed by atoms with Gasteiger partial charge in [0.2, 0.25) is 0 Å². The van der Waals surface area contributed by atoms with Crippen LogP contribution in [0.5, 0.6) is 11.5 Å². The lowest BCUT2D eigenvalue weighted by Crippen LogP contribution is -2.08. The Morgan fingerprint density at radius 3 is 2.56 bits per heavy atom. The number of hydrogen-bond donors (Lipinski definition) is 1. The second-order valence-electron chi connectivity index (χ2n) is 3.13. The number of ether oxygens (including phenoxy) is 1. The molecule has 0 atom stereocenters. The third kappa shape index (κ3) is 2.20. The summed E-state index contributed by atoms with van der Waals surface area (Å²) in [7, 11) is 0. The van der Waals surface area contributed by atoms with Gasteiger partial charge >= 0.3 is 5.97 Å². The maximum atomic E-state index is 11.6. The third-order valence-electron chi connectivity index (χ3n) is 2.01. The van der Waals surface area contributed by atoms with E-state index in [1.165, 1.54) is 12.1 Å². The van der Waals surface area contributed by atoms with Gasteiger partial charge in [-0.2, -0.15) is 0 Å². The van der Waals surface area contributed by atoms with Crippen molar-refractivity contribution in [2.24, 2.45) is 0 Å². The topological polar surface area (TPSA) is 46.5 Å². The normalized spacial score (nSPS) is 9.75. The van der Waals surface area contributed by atoms with Gasteiger partial charge in [-0.05, 0) is 18.2 Å². The molecule has 0 aromatic heterocycles. The molecule has 3 heteroatoms. The molecule has 2 aromatic carbocycles. The van der Waals surface area contributed by atoms with Crippen molar-refractivity contribution in [3.05, 3.63) is 60.2 Å². The molecule has 2 rings (SSSR count). The fourth-order valence-corrected chi connectivity index (χ4v) is 1.24. The predicted octanol–water partition coefficient (Wildman–Crippen LogP) is 2.41. The van der Waals surface area contributed by atoms with Gasteiger partial charge in [-0.15, -0.1) is 0 Å². The summed E-state index contributed by atoms with van der Waals surface area (Å²) in [6.45, 7) is 0. The maximum Gasteiger partial charge on any atom is 0.347 e. The van der Waals surface area contributed by atoms with Crippen LogP contribution < -0.4 is 4.74 Å². The van der Waals surface area contributed by atoms with E-state index < -0.39 is 5.97 Å². The van der Waals surface area contributed by atoms with E-state index >= 15 is 0 Å². The fourth-order valence-electron chi connectivity index (χ4n) is 1.24. The minimum Gasteiger partial charge on any atom is -0.507 e. The van der Waals surface area contributed by atoms with Crippen LogP contribution in [0.25, 0.3) is 0 Å². The highest BCUT2D eigenvalue weighted by molar-refractivity contribution is 5.93. The summed E-state index contributed by atoms with van der Waals surface area (Å²) in [6.07, 6.45) is 0. The first-order valence-electron chi connectivity index (χ1n) is 4.74. The molecule has 1 radical (unpaired) electrons. The Bertz CT molecular complexity index is 492. The molecular formula is C13H9O3. The van der Waals surface area contributed by atoms with Gasteiger partial charge in [-0.25, -0.2) is 4.79 Å². The van der Waals surface area contributed by atoms with Crippen molar-refractivity contribution < 1.29 is 14.6 Å². The molecular weight excluding hydrogens is 204 g/mol. The Balaban J connectivity index is 2.19. The van der Waals surface area contributed by atoms with Crippen molar-refractivity contribution in [1.82, 2.24) is 0 Å². The quantitative estimate of drug-likeness (QED) is 0.615. The van der Waals surface area contributed by atoms with Crippen LogP contribution in [0, 0.1) is 6.07 Å². The summed E-state index contributed by atoms with van der Waals surface area (Å²) in [6, 6.07) is 15.8. The monoisotopic (exact) mass is 213 g/mol. The first-order valence-corrected chi connectivity index (χ1v) is 4.74. The number of rotatable bonds is 2. The zero-order chi connectivity index (χ0) is 11.4. The van der Waals surface area contributed by atoms with Crippen molar-refractivity contribution in [2.75, 3.05) is 0 Å². The molecule has 0 spiro atoms. The number of esters is 1. The Morgan fingerprint density at radius 1 is 1.12 bits per heavy atom. The highest BCUT2D eigenvalue weighted by atomic mass is 16.5. The molecule has 0 amide bonds. The molecule has 0 aliphatic carbocycles. The minimum atomic E-state index is -0.597. The largest absolute Gasteiger partial charge is 0.507 e. The van der Waals surface area contributed by atoms with Crippen LogP contribution in [0.3, 0.4) is 0 Å². The lowest BCUT2D eigenvalue weighted by atomic mass is 10.2. The first kappa shape index (κ1) is 10.2. The highest BCUT2D eigenvalue weighted by Crippen LogP contribution is 2.18. The van der Waals surface area contributed by atoms with Crippen molar-refractivity contribution in [3.8, 4) is 11.5 Å². The van der Waals surface area contributed by atoms with Gasteiger partial charge in [0.05, 0.1) is 0 Å². The second kappa shape index (κ2) is 4.49. The van der Waals surface area contributed by atoms with Gasteiger partial charge in [-0.3, -0.25) is 0 Å². The SMILES string of the molecule is O=C(Oc1[c]cccc1)c1ccccc1O. The molecule has 2 aromatic rings. The Morgan fingerprint density at radius 2 is 1.88 bits per heavy atom. The number of aromatic hydroxyl groups is 1. The highest BCUT2D eigenvalue weighted by Gasteiger charge is 2.12. The summed E-state index contributed by atoms with van der Waals surface area (Å²) in [5.41, 5.74) is 0.139. The van der Waals surface area contributed by atoms with Crippen LogP contribution in [-0.4, -0.2) is 11.1 Å². The number of hydrogen-bond acceptors (Lipinski definition) is 3. The average molecular weight is 213 g/mol. The van der Waals surface area contributed by atoms with Crippen LogP contribution in [0.15, 0.2) is 48.5 Å². The average Bonchev–Trinajstić information content (AvgIpc) is 2.31. The molecule has 0 unspecified atom stereocenters. The van der Waals surface area contributed by atoms with E-state index in [4.69, 9.17) is 4.74 Å². The van der Waals surface area contributed by atoms with Crippen molar-refractivity contribution in [1.29, 1.82) is 0 Å². The van der Waals surface area contributed by atoms with Crippen molar-refractivity contribution >= 4 is 5.97 Å². The van der Waals surface area contributed by atoms with Crippen LogP contribution in [0.4, 0.5) is 0 Å². The zero-order valence-corrected chi connectivity index (χ0v) is 8.38. The summed E-state index contributed by atoms with van der Waals surface area (Å²) in [5.74, 6) is -0.361. The Hall–Kier alpha value is -2.29. The maximum absolute atomic E-state index is 11.6. The van der Waals surface area contributed by atoms with Gasteiger partial charge in [0.1, 0.15) is 17.1 Å². The van der Waals surface area contributed by atoms with Gasteiger partial charge in [0, 0.05) is 6.07 Å². The molecule has 0 bridgehead atoms. The van der Waals surface area contributed by atoms with Crippen molar-refractivity contribution in [3.63, 3.8) is 0 Å². The Labute approximate surface area is 92.9 Å². The molecule has 0 heterocycles. The molecule has 0 aliphatic heterocycles. The number of phenolic OH excluding ortho intramolecular Hbond substituents is 1. The van der Waals surface area contributed by atoms with Crippen LogP contribution in [0.1, 0.15) is 10.4 Å². The third-order valence-corrected chi connectivity index (χ3v) is 2.01. The molecule has 79 valence electrons. The summed E-state index contributed by atoms with van der Waals surface area (Å²) < 4.78 is 5.03. The second-order valence-corrected chi connectivity index (χ2v) is 3.13. The lowest BCUT2D eigenvalue weighted by molar-refractivity contribution is 0.0731. The standard InChI is InChI=1S/C13H9O3/c14-12-9-5-4-8-11(12)13(15)16-10-6-2-1-3-7-10/h1-6,8-9,14H. The van der Waals surface area contributed by atoms with Crippen LogP contribution in [0.2, 0.25) is 0 Å². The van der Waals surface area contributed by atoms with E-state index in [0.29, 0.717) is 5.75 Å². The van der Waals surface area contributed by atoms with Crippen LogP contribution in [-0.2, 0) is 0 Å². The summed E-state index contributed by atoms with van der Waals surface area (Å²) in [5, 5.41) is 9.45. The van der Waals surface area contributed by atoms with E-state index in [0.717, 1.165) is 0 Å². The molecule has 0 fully saturated rings. The molecule has 0 saturated heterocycles. The first-order chi connectivity index (χ1) is 7.77. The Kier molecular flexibility index (Phi) is 2.87. The van der Waals surface area contributed by atoms with E-state index in [1.807, 2.05) is 0 Å². The van der Waals surface area contributed by atoms with E-state index in [9.17, 15) is 9.90 Å². The number of carbonyl (C=O) groups is 1. The molecule has 3 nitrogen and oxygen atoms in total. The summed E-state index contributed by atoms with van der Waals surface area (Å²) >= 11 is 0. The lowest BCUT2D eigenvalue weighted by Gasteiger charge is -2.04. The van der Waals surface area contributed by atoms with Gasteiger partial charge in [0.25, 0.3) is 0 Å². The molecule has 16 heavy (non-hydrogen) atoms. The number of phenols is 1.